The molecule has 11 heteroatoms. The van der Waals surface area contributed by atoms with E-state index in [9.17, 15) is 17.6 Å². The van der Waals surface area contributed by atoms with Gasteiger partial charge in [0.05, 0.1) is 16.0 Å². The second-order valence-corrected chi connectivity index (χ2v) is 8.81. The number of nitrogens with zero attached hydrogens (tertiary/aromatic N) is 5. The van der Waals surface area contributed by atoms with Gasteiger partial charge < -0.3 is 0 Å². The van der Waals surface area contributed by atoms with Gasteiger partial charge in [0.25, 0.3) is 15.6 Å². The molecule has 0 aliphatic carbocycles. The van der Waals surface area contributed by atoms with E-state index < -0.39 is 21.4 Å². The Morgan fingerprint density at radius 3 is 2.21 bits per heavy atom. The first-order valence-corrected chi connectivity index (χ1v) is 11.4. The second-order valence-electron chi connectivity index (χ2n) is 7.13. The fourth-order valence-corrected chi connectivity index (χ4v) is 4.32. The Balaban J connectivity index is 1.63. The number of aromatic nitrogens is 5. The first-order valence-electron chi connectivity index (χ1n) is 9.96. The van der Waals surface area contributed by atoms with Crippen LogP contribution in [0.3, 0.4) is 0 Å². The highest BCUT2D eigenvalue weighted by Crippen LogP contribution is 2.23. The summed E-state index contributed by atoms with van der Waals surface area (Å²) in [5.41, 5.74) is 0.710. The lowest BCUT2D eigenvalue weighted by Crippen LogP contribution is -2.22. The van der Waals surface area contributed by atoms with Gasteiger partial charge in [0.15, 0.2) is 5.65 Å². The predicted octanol–water partition coefficient (Wildman–Crippen LogP) is 3.18. The zero-order valence-electron chi connectivity index (χ0n) is 17.3. The number of hydrogen-bond donors (Lipinski definition) is 1. The zero-order chi connectivity index (χ0) is 23.7. The van der Waals surface area contributed by atoms with Crippen molar-refractivity contribution in [1.29, 1.82) is 0 Å². The smallest absolute Gasteiger partial charge is 0.267 e. The van der Waals surface area contributed by atoms with Gasteiger partial charge in [-0.2, -0.15) is 0 Å². The molecule has 0 aliphatic heterocycles. The zero-order valence-corrected chi connectivity index (χ0v) is 18.1. The minimum atomic E-state index is -3.95. The molecule has 0 unspecified atom stereocenters. The van der Waals surface area contributed by atoms with Crippen LogP contribution in [0.4, 0.5) is 10.3 Å². The highest BCUT2D eigenvalue weighted by molar-refractivity contribution is 7.92. The Morgan fingerprint density at radius 2 is 1.50 bits per heavy atom. The van der Waals surface area contributed by atoms with Gasteiger partial charge in [0, 0.05) is 24.2 Å². The molecular weight excluding hydrogens is 459 g/mol. The fourth-order valence-electron chi connectivity index (χ4n) is 3.36. The number of sulfonamides is 1. The average molecular weight is 474 g/mol. The van der Waals surface area contributed by atoms with E-state index in [2.05, 4.69) is 24.7 Å². The van der Waals surface area contributed by atoms with Gasteiger partial charge in [-0.3, -0.25) is 9.36 Å². The molecule has 5 aromatic rings. The van der Waals surface area contributed by atoms with Crippen molar-refractivity contribution >= 4 is 27.0 Å². The normalized spacial score (nSPS) is 11.4. The molecule has 0 spiro atoms. The summed E-state index contributed by atoms with van der Waals surface area (Å²) in [5.74, 6) is -0.253. The van der Waals surface area contributed by atoms with Crippen LogP contribution in [-0.4, -0.2) is 32.9 Å². The van der Waals surface area contributed by atoms with Crippen LogP contribution in [0.2, 0.25) is 0 Å². The molecule has 34 heavy (non-hydrogen) atoms. The summed E-state index contributed by atoms with van der Waals surface area (Å²) in [4.78, 5) is 29.7. The molecule has 3 aromatic heterocycles. The maximum Gasteiger partial charge on any atom is 0.267 e. The highest BCUT2D eigenvalue weighted by Gasteiger charge is 2.18. The van der Waals surface area contributed by atoms with Crippen molar-refractivity contribution in [3.63, 3.8) is 0 Å². The minimum absolute atomic E-state index is 0.0458. The predicted molar refractivity (Wildman–Crippen MR) is 123 cm³/mol. The number of hydrogen-bond acceptors (Lipinski definition) is 7. The van der Waals surface area contributed by atoms with Gasteiger partial charge in [-0.1, -0.05) is 0 Å². The summed E-state index contributed by atoms with van der Waals surface area (Å²) in [6.07, 6.45) is 4.36. The number of pyridine rings is 1. The fraction of sp³-hybridized carbons (Fsp3) is 0. The van der Waals surface area contributed by atoms with Crippen molar-refractivity contribution in [3.8, 4) is 17.1 Å². The van der Waals surface area contributed by atoms with E-state index in [-0.39, 0.29) is 27.7 Å². The monoisotopic (exact) mass is 474 g/mol. The van der Waals surface area contributed by atoms with Crippen LogP contribution in [0.5, 0.6) is 0 Å². The van der Waals surface area contributed by atoms with Gasteiger partial charge >= 0.3 is 0 Å². The van der Waals surface area contributed by atoms with Gasteiger partial charge in [-0.05, 0) is 66.7 Å². The van der Waals surface area contributed by atoms with Crippen LogP contribution >= 0.6 is 0 Å². The summed E-state index contributed by atoms with van der Waals surface area (Å²) in [7, 11) is -3.95. The number of rotatable bonds is 5. The van der Waals surface area contributed by atoms with Crippen molar-refractivity contribution in [2.75, 3.05) is 4.72 Å². The summed E-state index contributed by atoms with van der Waals surface area (Å²) in [6, 6.07) is 16.0. The van der Waals surface area contributed by atoms with Crippen LogP contribution in [0.25, 0.3) is 28.1 Å². The highest BCUT2D eigenvalue weighted by atomic mass is 32.2. The van der Waals surface area contributed by atoms with Crippen LogP contribution < -0.4 is 10.3 Å². The lowest BCUT2D eigenvalue weighted by atomic mass is 10.2. The van der Waals surface area contributed by atoms with E-state index in [0.29, 0.717) is 11.3 Å². The van der Waals surface area contributed by atoms with Crippen LogP contribution in [-0.2, 0) is 10.0 Å². The quantitative estimate of drug-likeness (QED) is 0.415. The molecule has 1 N–H and O–H groups in total. The molecular formula is C23H15FN6O3S. The third-order valence-electron chi connectivity index (χ3n) is 4.94. The molecule has 2 aromatic carbocycles. The van der Waals surface area contributed by atoms with E-state index in [1.807, 2.05) is 0 Å². The maximum atomic E-state index is 13.5. The number of anilines is 1. The molecule has 168 valence electrons. The molecule has 0 saturated carbocycles. The summed E-state index contributed by atoms with van der Waals surface area (Å²) < 4.78 is 42.5. The van der Waals surface area contributed by atoms with Crippen molar-refractivity contribution in [2.24, 2.45) is 0 Å². The standard InChI is InChI=1S/C23H15FN6O3S/c24-16-6-4-15(5-7-16)21-28-20-19(3-1-12-25-20)22(31)30(21)17-8-10-18(11-9-17)34(32,33)29-23-26-13-2-14-27-23/h1-14H,(H,26,27,29). The molecule has 9 nitrogen and oxygen atoms in total. The van der Waals surface area contributed by atoms with Crippen LogP contribution in [0.1, 0.15) is 0 Å². The van der Waals surface area contributed by atoms with E-state index in [1.54, 1.807) is 18.2 Å². The topological polar surface area (TPSA) is 120 Å². The van der Waals surface area contributed by atoms with Crippen molar-refractivity contribution in [1.82, 2.24) is 24.5 Å². The third kappa shape index (κ3) is 3.99. The molecule has 0 atom stereocenters. The molecule has 0 aliphatic rings. The number of halogens is 1. The summed E-state index contributed by atoms with van der Waals surface area (Å²) >= 11 is 0. The van der Waals surface area contributed by atoms with Crippen LogP contribution in [0.15, 0.2) is 95.0 Å². The third-order valence-corrected chi connectivity index (χ3v) is 6.29. The van der Waals surface area contributed by atoms with Crippen LogP contribution in [0, 0.1) is 5.82 Å². The number of fused-ring (bicyclic) bond motifs is 1. The molecule has 3 heterocycles. The molecule has 0 amide bonds. The maximum absolute atomic E-state index is 13.5. The first kappa shape index (κ1) is 21.3. The van der Waals surface area contributed by atoms with E-state index in [1.165, 1.54) is 71.7 Å². The van der Waals surface area contributed by atoms with E-state index in [4.69, 9.17) is 0 Å². The van der Waals surface area contributed by atoms with Gasteiger partial charge in [0.2, 0.25) is 5.95 Å². The van der Waals surface area contributed by atoms with Gasteiger partial charge in [-0.15, -0.1) is 0 Å². The molecule has 0 fully saturated rings. The Kier molecular flexibility index (Phi) is 5.30. The molecule has 0 radical (unpaired) electrons. The molecule has 5 rings (SSSR count). The lowest BCUT2D eigenvalue weighted by molar-refractivity contribution is 0.600. The number of nitrogens with one attached hydrogen (secondary N) is 1. The van der Waals surface area contributed by atoms with Crippen molar-refractivity contribution < 1.29 is 12.8 Å². The Hall–Kier alpha value is -4.51. The van der Waals surface area contributed by atoms with Gasteiger partial charge in [-0.25, -0.2) is 37.5 Å². The van der Waals surface area contributed by atoms with E-state index in [0.717, 1.165) is 0 Å². The number of benzene rings is 2. The second kappa shape index (κ2) is 8.45. The SMILES string of the molecule is O=c1c2cccnc2nc(-c2ccc(F)cc2)n1-c1ccc(S(=O)(=O)Nc2ncccn2)cc1. The lowest BCUT2D eigenvalue weighted by Gasteiger charge is -2.14. The Morgan fingerprint density at radius 1 is 0.824 bits per heavy atom. The Labute approximate surface area is 192 Å². The minimum Gasteiger partial charge on any atom is -0.268 e. The summed E-state index contributed by atoms with van der Waals surface area (Å²) in [6.45, 7) is 0. The molecule has 0 saturated heterocycles. The average Bonchev–Trinajstić information content (AvgIpc) is 2.85. The van der Waals surface area contributed by atoms with Crippen molar-refractivity contribution in [2.45, 2.75) is 4.90 Å². The molecule has 0 bridgehead atoms. The largest absolute Gasteiger partial charge is 0.268 e. The summed E-state index contributed by atoms with van der Waals surface area (Å²) in [5, 5.41) is 0.285. The van der Waals surface area contributed by atoms with Gasteiger partial charge in [0.1, 0.15) is 11.6 Å². The van der Waals surface area contributed by atoms with Crippen molar-refractivity contribution in [3.05, 3.63) is 101 Å². The van der Waals surface area contributed by atoms with E-state index >= 15 is 0 Å². The first-order chi connectivity index (χ1) is 16.4. The Bertz CT molecular complexity index is 1660.